The first kappa shape index (κ1) is 18.2. The smallest absolute Gasteiger partial charge is 0.0897 e. The zero-order chi connectivity index (χ0) is 14.7. The number of rotatable bonds is 13. The third-order valence-corrected chi connectivity index (χ3v) is 5.27. The van der Waals surface area contributed by atoms with E-state index in [0.29, 0.717) is 31.1 Å². The van der Waals surface area contributed by atoms with E-state index in [1.807, 2.05) is 11.8 Å². The van der Waals surface area contributed by atoms with E-state index in [-0.39, 0.29) is 0 Å². The molecule has 0 aromatic heterocycles. The quantitative estimate of drug-likeness (QED) is 0.510. The predicted molar refractivity (Wildman–Crippen MR) is 85.5 cm³/mol. The second-order valence-corrected chi connectivity index (χ2v) is 6.84. The van der Waals surface area contributed by atoms with Crippen molar-refractivity contribution in [3.8, 4) is 0 Å². The van der Waals surface area contributed by atoms with Crippen LogP contribution in [-0.4, -0.2) is 61.7 Å². The fourth-order valence-corrected chi connectivity index (χ4v) is 3.18. The van der Waals surface area contributed by atoms with Crippen LogP contribution in [0.1, 0.15) is 39.0 Å². The van der Waals surface area contributed by atoms with E-state index in [9.17, 15) is 5.11 Å². The summed E-state index contributed by atoms with van der Waals surface area (Å²) in [4.78, 5) is 0. The van der Waals surface area contributed by atoms with Gasteiger partial charge in [-0.25, -0.2) is 0 Å². The molecule has 0 amide bonds. The number of hydrogen-bond donors (Lipinski definition) is 2. The minimum Gasteiger partial charge on any atom is -0.389 e. The lowest BCUT2D eigenvalue weighted by Gasteiger charge is -2.40. The van der Waals surface area contributed by atoms with E-state index < -0.39 is 6.10 Å². The number of aliphatic hydroxyl groups excluding tert-OH is 1. The van der Waals surface area contributed by atoms with Crippen LogP contribution in [0.3, 0.4) is 0 Å². The topological polar surface area (TPSA) is 50.7 Å². The Kier molecular flexibility index (Phi) is 9.90. The minimum absolute atomic E-state index is 0.385. The summed E-state index contributed by atoms with van der Waals surface area (Å²) >= 11 is 1.95. The number of aliphatic hydroxyl groups is 1. The molecule has 0 aromatic carbocycles. The van der Waals surface area contributed by atoms with Crippen LogP contribution in [-0.2, 0) is 9.47 Å². The van der Waals surface area contributed by atoms with Crippen LogP contribution < -0.4 is 5.32 Å². The standard InChI is InChI=1S/C15H31NO3S/c1-3-4-8-18-9-10-19-12-14(17)11-16-13-15(20-2)6-5-7-15/h14,16-17H,3-13H2,1-2H3. The summed E-state index contributed by atoms with van der Waals surface area (Å²) in [5.74, 6) is 0. The van der Waals surface area contributed by atoms with Gasteiger partial charge in [-0.15, -0.1) is 0 Å². The molecule has 1 atom stereocenters. The van der Waals surface area contributed by atoms with Crippen molar-refractivity contribution in [3.05, 3.63) is 0 Å². The van der Waals surface area contributed by atoms with Gasteiger partial charge >= 0.3 is 0 Å². The van der Waals surface area contributed by atoms with E-state index in [1.165, 1.54) is 19.3 Å². The Morgan fingerprint density at radius 2 is 2.00 bits per heavy atom. The molecule has 5 heteroatoms. The van der Waals surface area contributed by atoms with E-state index in [4.69, 9.17) is 9.47 Å². The molecular weight excluding hydrogens is 274 g/mol. The molecule has 120 valence electrons. The van der Waals surface area contributed by atoms with E-state index >= 15 is 0 Å². The van der Waals surface area contributed by atoms with Gasteiger partial charge in [0.15, 0.2) is 0 Å². The summed E-state index contributed by atoms with van der Waals surface area (Å²) in [6, 6.07) is 0. The third kappa shape index (κ3) is 7.27. The number of hydrogen-bond acceptors (Lipinski definition) is 5. The van der Waals surface area contributed by atoms with Crippen molar-refractivity contribution in [1.82, 2.24) is 5.32 Å². The average Bonchev–Trinajstić information content (AvgIpc) is 2.41. The normalized spacial score (nSPS) is 18.8. The van der Waals surface area contributed by atoms with Gasteiger partial charge in [0.25, 0.3) is 0 Å². The van der Waals surface area contributed by atoms with Crippen LogP contribution in [0.4, 0.5) is 0 Å². The molecular formula is C15H31NO3S. The Morgan fingerprint density at radius 3 is 2.60 bits per heavy atom. The number of nitrogens with one attached hydrogen (secondary N) is 1. The molecule has 0 heterocycles. The Labute approximate surface area is 128 Å². The molecule has 4 nitrogen and oxygen atoms in total. The molecule has 1 aliphatic rings. The SMILES string of the molecule is CCCCOCCOCC(O)CNCC1(SC)CCC1. The highest BCUT2D eigenvalue weighted by Crippen LogP contribution is 2.42. The zero-order valence-corrected chi connectivity index (χ0v) is 13.8. The fraction of sp³-hybridized carbons (Fsp3) is 1.00. The minimum atomic E-state index is -0.426. The molecule has 1 aliphatic carbocycles. The lowest BCUT2D eigenvalue weighted by molar-refractivity contribution is 0.00367. The van der Waals surface area contributed by atoms with Crippen LogP contribution >= 0.6 is 11.8 Å². The molecule has 1 rings (SSSR count). The molecule has 20 heavy (non-hydrogen) atoms. The third-order valence-electron chi connectivity index (χ3n) is 3.85. The summed E-state index contributed by atoms with van der Waals surface area (Å²) < 4.78 is 11.2. The monoisotopic (exact) mass is 305 g/mol. The summed E-state index contributed by atoms with van der Waals surface area (Å²) in [5.41, 5.74) is 0. The highest BCUT2D eigenvalue weighted by atomic mass is 32.2. The first-order valence-corrected chi connectivity index (χ1v) is 9.04. The largest absolute Gasteiger partial charge is 0.389 e. The van der Waals surface area contributed by atoms with E-state index in [1.54, 1.807) is 0 Å². The summed E-state index contributed by atoms with van der Waals surface area (Å²) in [6.07, 6.45) is 7.94. The highest BCUT2D eigenvalue weighted by Gasteiger charge is 2.35. The molecule has 0 aliphatic heterocycles. The summed E-state index contributed by atoms with van der Waals surface area (Å²) in [6.45, 7) is 6.13. The maximum atomic E-state index is 9.82. The zero-order valence-electron chi connectivity index (χ0n) is 13.0. The second-order valence-electron chi connectivity index (χ2n) is 5.57. The molecule has 1 saturated carbocycles. The molecule has 0 spiro atoms. The summed E-state index contributed by atoms with van der Waals surface area (Å²) in [7, 11) is 0. The Balaban J connectivity index is 1.89. The van der Waals surface area contributed by atoms with Gasteiger partial charge in [-0.3, -0.25) is 0 Å². The highest BCUT2D eigenvalue weighted by molar-refractivity contribution is 8.00. The first-order valence-electron chi connectivity index (χ1n) is 7.82. The lowest BCUT2D eigenvalue weighted by atomic mass is 9.84. The molecule has 0 aromatic rings. The van der Waals surface area contributed by atoms with Crippen molar-refractivity contribution < 1.29 is 14.6 Å². The molecule has 0 bridgehead atoms. The van der Waals surface area contributed by atoms with Crippen molar-refractivity contribution in [2.45, 2.75) is 49.9 Å². The Morgan fingerprint density at radius 1 is 1.25 bits per heavy atom. The van der Waals surface area contributed by atoms with Crippen molar-refractivity contribution >= 4 is 11.8 Å². The molecule has 0 radical (unpaired) electrons. The van der Waals surface area contributed by atoms with Gasteiger partial charge < -0.3 is 19.9 Å². The van der Waals surface area contributed by atoms with Crippen LogP contribution in [0.2, 0.25) is 0 Å². The molecule has 2 N–H and O–H groups in total. The van der Waals surface area contributed by atoms with Crippen LogP contribution in [0.25, 0.3) is 0 Å². The Hall–Kier alpha value is 0.190. The first-order chi connectivity index (χ1) is 9.72. The number of thioether (sulfide) groups is 1. The maximum absolute atomic E-state index is 9.82. The Bertz CT molecular complexity index is 232. The average molecular weight is 305 g/mol. The van der Waals surface area contributed by atoms with Crippen LogP contribution in [0.15, 0.2) is 0 Å². The van der Waals surface area contributed by atoms with Gasteiger partial charge in [0.05, 0.1) is 25.9 Å². The van der Waals surface area contributed by atoms with Gasteiger partial charge in [-0.2, -0.15) is 11.8 Å². The van der Waals surface area contributed by atoms with Gasteiger partial charge in [0.1, 0.15) is 0 Å². The predicted octanol–water partition coefficient (Wildman–Crippen LogP) is 2.06. The number of unbranched alkanes of at least 4 members (excludes halogenated alkanes) is 1. The van der Waals surface area contributed by atoms with Crippen molar-refractivity contribution in [2.75, 3.05) is 45.8 Å². The van der Waals surface area contributed by atoms with Gasteiger partial charge in [0, 0.05) is 24.4 Å². The fourth-order valence-electron chi connectivity index (χ4n) is 2.24. The molecule has 1 unspecified atom stereocenters. The van der Waals surface area contributed by atoms with Gasteiger partial charge in [-0.05, 0) is 25.5 Å². The van der Waals surface area contributed by atoms with E-state index in [2.05, 4.69) is 18.5 Å². The summed E-state index contributed by atoms with van der Waals surface area (Å²) in [5, 5.41) is 13.2. The molecule has 0 saturated heterocycles. The second kappa shape index (κ2) is 10.9. The lowest BCUT2D eigenvalue weighted by Crippen LogP contribution is -2.45. The van der Waals surface area contributed by atoms with Crippen molar-refractivity contribution in [1.29, 1.82) is 0 Å². The van der Waals surface area contributed by atoms with Crippen molar-refractivity contribution in [3.63, 3.8) is 0 Å². The molecule has 1 fully saturated rings. The van der Waals surface area contributed by atoms with Gasteiger partial charge in [-0.1, -0.05) is 19.8 Å². The van der Waals surface area contributed by atoms with Gasteiger partial charge in [0.2, 0.25) is 0 Å². The van der Waals surface area contributed by atoms with Crippen LogP contribution in [0, 0.1) is 0 Å². The number of ether oxygens (including phenoxy) is 2. The van der Waals surface area contributed by atoms with Crippen LogP contribution in [0.5, 0.6) is 0 Å². The maximum Gasteiger partial charge on any atom is 0.0897 e. The van der Waals surface area contributed by atoms with Crippen molar-refractivity contribution in [2.24, 2.45) is 0 Å². The van der Waals surface area contributed by atoms with E-state index in [0.717, 1.165) is 26.0 Å².